The molecular formula is C27H29N2O4PS. The van der Waals surface area contributed by atoms with Crippen molar-refractivity contribution >= 4 is 48.1 Å². The molecule has 35 heavy (non-hydrogen) atoms. The fourth-order valence-corrected chi connectivity index (χ4v) is 6.71. The number of carboxylic acids is 1. The Balaban J connectivity index is 1.45. The molecule has 0 aliphatic heterocycles. The molecule has 3 aromatic carbocycles. The van der Waals surface area contributed by atoms with Gasteiger partial charge >= 0.3 is 5.97 Å². The Morgan fingerprint density at radius 1 is 0.800 bits per heavy atom. The number of carboxylic acid groups (broad SMARTS) is 1. The molecule has 0 aliphatic carbocycles. The average Bonchev–Trinajstić information content (AvgIpc) is 2.89. The summed E-state index contributed by atoms with van der Waals surface area (Å²) in [6.45, 7) is -0.249. The van der Waals surface area contributed by atoms with Crippen LogP contribution < -0.4 is 21.2 Å². The van der Waals surface area contributed by atoms with E-state index in [4.69, 9.17) is 0 Å². The Bertz CT molecular complexity index is 1040. The van der Waals surface area contributed by atoms with Crippen molar-refractivity contribution in [2.24, 2.45) is 0 Å². The van der Waals surface area contributed by atoms with E-state index in [1.165, 1.54) is 22.4 Å². The van der Waals surface area contributed by atoms with E-state index in [1.54, 1.807) is 0 Å². The molecule has 0 unspecified atom stereocenters. The van der Waals surface area contributed by atoms with E-state index in [-0.39, 0.29) is 24.6 Å². The number of carbonyl (C=O) groups excluding carboxylic acids is 2. The van der Waals surface area contributed by atoms with Gasteiger partial charge in [0.2, 0.25) is 11.8 Å². The summed E-state index contributed by atoms with van der Waals surface area (Å²) in [6, 6.07) is 28.9. The third-order valence-corrected chi connectivity index (χ3v) is 8.79. The van der Waals surface area contributed by atoms with Gasteiger partial charge in [-0.1, -0.05) is 91.0 Å². The minimum absolute atomic E-state index is 0.232. The Labute approximate surface area is 211 Å². The topological polar surface area (TPSA) is 95.5 Å². The third kappa shape index (κ3) is 9.19. The maximum Gasteiger partial charge on any atom is 0.327 e. The summed E-state index contributed by atoms with van der Waals surface area (Å²) >= 11 is 1.44. The SMILES string of the molecule is O=C(CCP(c1ccccc1)c1ccccc1)NCC(=O)N[C@@H](CSCc1ccccc1)C(=O)O. The fourth-order valence-electron chi connectivity index (χ4n) is 3.39. The molecule has 3 N–H and O–H groups in total. The molecule has 1 atom stereocenters. The van der Waals surface area contributed by atoms with Crippen LogP contribution >= 0.6 is 19.7 Å². The molecule has 0 radical (unpaired) electrons. The van der Waals surface area contributed by atoms with Crippen LogP contribution in [0.1, 0.15) is 12.0 Å². The Hall–Kier alpha value is -3.15. The molecule has 6 nitrogen and oxygen atoms in total. The second kappa shape index (κ2) is 14.3. The van der Waals surface area contributed by atoms with Crippen LogP contribution in [0.3, 0.4) is 0 Å². The van der Waals surface area contributed by atoms with Crippen LogP contribution in [-0.4, -0.2) is 47.4 Å². The Morgan fingerprint density at radius 2 is 1.34 bits per heavy atom. The summed E-state index contributed by atoms with van der Waals surface area (Å²) < 4.78 is 0. The second-order valence-corrected chi connectivity index (χ2v) is 11.2. The molecule has 0 heterocycles. The van der Waals surface area contributed by atoms with Gasteiger partial charge in [-0.3, -0.25) is 9.59 Å². The van der Waals surface area contributed by atoms with Gasteiger partial charge in [0.1, 0.15) is 6.04 Å². The normalized spacial score (nSPS) is 11.6. The quantitative estimate of drug-likeness (QED) is 0.309. The van der Waals surface area contributed by atoms with Gasteiger partial charge in [-0.05, 0) is 30.3 Å². The maximum absolute atomic E-state index is 12.5. The molecule has 0 spiro atoms. The minimum atomic E-state index is -1.10. The van der Waals surface area contributed by atoms with E-state index in [0.29, 0.717) is 11.9 Å². The molecule has 3 aromatic rings. The smallest absolute Gasteiger partial charge is 0.327 e. The van der Waals surface area contributed by atoms with Gasteiger partial charge < -0.3 is 15.7 Å². The number of rotatable bonds is 13. The number of thioether (sulfide) groups is 1. The van der Waals surface area contributed by atoms with Gasteiger partial charge in [-0.25, -0.2) is 4.79 Å². The van der Waals surface area contributed by atoms with Gasteiger partial charge in [-0.2, -0.15) is 11.8 Å². The number of nitrogens with one attached hydrogen (secondary N) is 2. The highest BCUT2D eigenvalue weighted by molar-refractivity contribution is 7.98. The van der Waals surface area contributed by atoms with Crippen LogP contribution in [-0.2, 0) is 20.1 Å². The fraction of sp³-hybridized carbons (Fsp3) is 0.222. The van der Waals surface area contributed by atoms with Gasteiger partial charge in [0.25, 0.3) is 0 Å². The molecule has 3 rings (SSSR count). The molecule has 8 heteroatoms. The highest BCUT2D eigenvalue weighted by Crippen LogP contribution is 2.34. The first-order chi connectivity index (χ1) is 17.0. The van der Waals surface area contributed by atoms with Gasteiger partial charge in [0.15, 0.2) is 0 Å². The van der Waals surface area contributed by atoms with E-state index < -0.39 is 25.8 Å². The lowest BCUT2D eigenvalue weighted by Gasteiger charge is -2.18. The zero-order valence-electron chi connectivity index (χ0n) is 19.3. The van der Waals surface area contributed by atoms with Gasteiger partial charge in [0.05, 0.1) is 6.54 Å². The van der Waals surface area contributed by atoms with E-state index in [0.717, 1.165) is 5.56 Å². The predicted octanol–water partition coefficient (Wildman–Crippen LogP) is 3.13. The summed E-state index contributed by atoms with van der Waals surface area (Å²) in [5, 5.41) is 17.0. The standard InChI is InChI=1S/C27H29N2O4PS/c30-25(16-17-34(22-12-6-2-7-13-22)23-14-8-3-9-15-23)28-18-26(31)29-24(27(32)33)20-35-19-21-10-4-1-5-11-21/h1-15,24H,16-20H2,(H,28,30)(H,29,31)(H,32,33)/t24-/m0/s1. The number of aliphatic carboxylic acids is 1. The zero-order valence-corrected chi connectivity index (χ0v) is 21.0. The van der Waals surface area contributed by atoms with Gasteiger partial charge in [0, 0.05) is 17.9 Å². The summed E-state index contributed by atoms with van der Waals surface area (Å²) in [6.07, 6.45) is 0.933. The summed E-state index contributed by atoms with van der Waals surface area (Å²) in [4.78, 5) is 36.3. The lowest BCUT2D eigenvalue weighted by atomic mass is 10.2. The molecule has 0 aliphatic rings. The van der Waals surface area contributed by atoms with Crippen molar-refractivity contribution < 1.29 is 19.5 Å². The van der Waals surface area contributed by atoms with E-state index in [9.17, 15) is 19.5 Å². The first kappa shape index (κ1) is 26.5. The molecule has 0 bridgehead atoms. The summed E-state index contributed by atoms with van der Waals surface area (Å²) in [5.74, 6) is -0.948. The molecule has 0 fully saturated rings. The molecular weight excluding hydrogens is 479 g/mol. The molecule has 0 aromatic heterocycles. The average molecular weight is 509 g/mol. The van der Waals surface area contributed by atoms with Crippen LogP contribution in [0.4, 0.5) is 0 Å². The van der Waals surface area contributed by atoms with E-state index >= 15 is 0 Å². The van der Waals surface area contributed by atoms with Crippen molar-refractivity contribution in [3.63, 3.8) is 0 Å². The molecule has 2 amide bonds. The number of hydrogen-bond donors (Lipinski definition) is 3. The van der Waals surface area contributed by atoms with Crippen LogP contribution in [0.25, 0.3) is 0 Å². The van der Waals surface area contributed by atoms with Crippen LogP contribution in [0.5, 0.6) is 0 Å². The maximum atomic E-state index is 12.5. The number of hydrogen-bond acceptors (Lipinski definition) is 4. The summed E-state index contributed by atoms with van der Waals surface area (Å²) in [7, 11) is -0.700. The highest BCUT2D eigenvalue weighted by Gasteiger charge is 2.20. The van der Waals surface area contributed by atoms with Crippen LogP contribution in [0.2, 0.25) is 0 Å². The predicted molar refractivity (Wildman–Crippen MR) is 144 cm³/mol. The third-order valence-electron chi connectivity index (χ3n) is 5.17. The minimum Gasteiger partial charge on any atom is -0.480 e. The van der Waals surface area contributed by atoms with Crippen molar-refractivity contribution in [3.8, 4) is 0 Å². The highest BCUT2D eigenvalue weighted by atomic mass is 32.2. The number of amides is 2. The number of carbonyl (C=O) groups is 3. The van der Waals surface area contributed by atoms with E-state index in [2.05, 4.69) is 34.9 Å². The van der Waals surface area contributed by atoms with Crippen LogP contribution in [0, 0.1) is 0 Å². The van der Waals surface area contributed by atoms with Gasteiger partial charge in [-0.15, -0.1) is 0 Å². The first-order valence-electron chi connectivity index (χ1n) is 11.3. The first-order valence-corrected chi connectivity index (χ1v) is 14.0. The molecule has 0 saturated carbocycles. The monoisotopic (exact) mass is 508 g/mol. The van der Waals surface area contributed by atoms with Crippen molar-refractivity contribution in [2.75, 3.05) is 18.5 Å². The summed E-state index contributed by atoms with van der Waals surface area (Å²) in [5.41, 5.74) is 1.09. The van der Waals surface area contributed by atoms with Crippen molar-refractivity contribution in [1.29, 1.82) is 0 Å². The van der Waals surface area contributed by atoms with Crippen molar-refractivity contribution in [2.45, 2.75) is 18.2 Å². The van der Waals surface area contributed by atoms with Crippen molar-refractivity contribution in [3.05, 3.63) is 96.6 Å². The van der Waals surface area contributed by atoms with Crippen molar-refractivity contribution in [1.82, 2.24) is 10.6 Å². The second-order valence-electron chi connectivity index (χ2n) is 7.81. The van der Waals surface area contributed by atoms with Crippen LogP contribution in [0.15, 0.2) is 91.0 Å². The lowest BCUT2D eigenvalue weighted by molar-refractivity contribution is -0.141. The Kier molecular flexibility index (Phi) is 10.8. The zero-order chi connectivity index (χ0) is 24.9. The Morgan fingerprint density at radius 3 is 1.89 bits per heavy atom. The molecule has 0 saturated heterocycles. The van der Waals surface area contributed by atoms with E-state index in [1.807, 2.05) is 66.7 Å². The largest absolute Gasteiger partial charge is 0.480 e. The number of benzene rings is 3. The molecule has 182 valence electrons. The lowest BCUT2D eigenvalue weighted by Crippen LogP contribution is -2.46.